The van der Waals surface area contributed by atoms with Crippen LogP contribution in [0.5, 0.6) is 11.5 Å². The highest BCUT2D eigenvalue weighted by atomic mass is 16.5. The topological polar surface area (TPSA) is 95.3 Å². The molecule has 0 aliphatic rings. The van der Waals surface area contributed by atoms with E-state index in [1.165, 1.54) is 10.7 Å². The van der Waals surface area contributed by atoms with Crippen molar-refractivity contribution in [3.05, 3.63) is 70.8 Å². The first-order valence-corrected chi connectivity index (χ1v) is 9.58. The number of aromatic nitrogens is 3. The van der Waals surface area contributed by atoms with Crippen molar-refractivity contribution in [2.75, 3.05) is 14.2 Å². The summed E-state index contributed by atoms with van der Waals surface area (Å²) in [4.78, 5) is 28.4. The molecule has 3 rings (SSSR count). The van der Waals surface area contributed by atoms with E-state index in [2.05, 4.69) is 15.4 Å². The zero-order chi connectivity index (χ0) is 21.3. The van der Waals surface area contributed by atoms with Gasteiger partial charge in [-0.25, -0.2) is 4.68 Å². The summed E-state index contributed by atoms with van der Waals surface area (Å²) in [7, 11) is 3.14. The third kappa shape index (κ3) is 5.44. The van der Waals surface area contributed by atoms with Gasteiger partial charge >= 0.3 is 0 Å². The minimum Gasteiger partial charge on any atom is -0.493 e. The number of ether oxygens (including phenoxy) is 2. The number of rotatable bonds is 9. The molecule has 0 aliphatic carbocycles. The van der Waals surface area contributed by atoms with E-state index in [9.17, 15) is 9.59 Å². The second-order valence-electron chi connectivity index (χ2n) is 6.55. The van der Waals surface area contributed by atoms with Crippen LogP contribution in [0.3, 0.4) is 0 Å². The van der Waals surface area contributed by atoms with E-state index in [0.717, 1.165) is 11.3 Å². The van der Waals surface area contributed by atoms with Crippen molar-refractivity contribution in [1.82, 2.24) is 20.1 Å². The van der Waals surface area contributed by atoms with Gasteiger partial charge < -0.3 is 14.8 Å². The molecular formula is C22H24N4O4. The van der Waals surface area contributed by atoms with Crippen molar-refractivity contribution in [2.24, 2.45) is 0 Å². The van der Waals surface area contributed by atoms with Crippen molar-refractivity contribution in [2.45, 2.75) is 25.9 Å². The molecule has 0 fully saturated rings. The molecule has 1 aromatic carbocycles. The van der Waals surface area contributed by atoms with Crippen LogP contribution in [0.25, 0.3) is 11.3 Å². The lowest BCUT2D eigenvalue weighted by Crippen LogP contribution is -2.25. The Morgan fingerprint density at radius 2 is 1.90 bits per heavy atom. The number of methoxy groups -OCH3 is 2. The molecule has 2 aromatic heterocycles. The van der Waals surface area contributed by atoms with E-state index < -0.39 is 0 Å². The van der Waals surface area contributed by atoms with Gasteiger partial charge in [-0.05, 0) is 42.8 Å². The maximum atomic E-state index is 12.2. The van der Waals surface area contributed by atoms with Crippen molar-refractivity contribution < 1.29 is 14.3 Å². The monoisotopic (exact) mass is 408 g/mol. The van der Waals surface area contributed by atoms with Crippen LogP contribution in [-0.2, 0) is 17.9 Å². The number of benzene rings is 1. The Labute approximate surface area is 174 Å². The molecule has 30 heavy (non-hydrogen) atoms. The molecule has 0 saturated heterocycles. The molecule has 3 aromatic rings. The van der Waals surface area contributed by atoms with Gasteiger partial charge in [0.2, 0.25) is 5.91 Å². The number of amides is 1. The van der Waals surface area contributed by atoms with Crippen molar-refractivity contribution in [1.29, 1.82) is 0 Å². The molecule has 156 valence electrons. The Hall–Kier alpha value is -3.68. The Morgan fingerprint density at radius 1 is 1.07 bits per heavy atom. The molecular weight excluding hydrogens is 384 g/mol. The third-order valence-electron chi connectivity index (χ3n) is 4.51. The highest BCUT2D eigenvalue weighted by Crippen LogP contribution is 2.31. The van der Waals surface area contributed by atoms with Gasteiger partial charge in [0.05, 0.1) is 32.2 Å². The van der Waals surface area contributed by atoms with Gasteiger partial charge in [-0.1, -0.05) is 6.07 Å². The van der Waals surface area contributed by atoms with Crippen LogP contribution in [0.4, 0.5) is 0 Å². The number of hydrogen-bond donors (Lipinski definition) is 1. The van der Waals surface area contributed by atoms with Crippen LogP contribution < -0.4 is 20.3 Å². The Kier molecular flexibility index (Phi) is 7.15. The summed E-state index contributed by atoms with van der Waals surface area (Å²) in [5.74, 6) is 1.11. The molecule has 2 heterocycles. The first-order valence-electron chi connectivity index (χ1n) is 9.58. The molecule has 0 atom stereocenters. The second kappa shape index (κ2) is 10.2. The van der Waals surface area contributed by atoms with Gasteiger partial charge in [0, 0.05) is 30.8 Å². The fraction of sp³-hybridized carbons (Fsp3) is 0.273. The summed E-state index contributed by atoms with van der Waals surface area (Å²) in [5.41, 5.74) is 2.02. The fourth-order valence-electron chi connectivity index (χ4n) is 2.93. The third-order valence-corrected chi connectivity index (χ3v) is 4.51. The average Bonchev–Trinajstić information content (AvgIpc) is 2.79. The van der Waals surface area contributed by atoms with E-state index in [-0.39, 0.29) is 11.5 Å². The maximum absolute atomic E-state index is 12.2. The SMILES string of the molecule is COc1ccc(-c2ccc(=O)n(CCCC(=O)NCc3ccccn3)n2)cc1OC. The molecule has 0 spiro atoms. The first-order chi connectivity index (χ1) is 14.6. The van der Waals surface area contributed by atoms with Gasteiger partial charge in [-0.3, -0.25) is 14.6 Å². The number of aryl methyl sites for hydroxylation is 1. The van der Waals surface area contributed by atoms with E-state index in [1.54, 1.807) is 38.6 Å². The van der Waals surface area contributed by atoms with Crippen molar-refractivity contribution in [3.8, 4) is 22.8 Å². The molecule has 0 radical (unpaired) electrons. The quantitative estimate of drug-likeness (QED) is 0.584. The predicted octanol–water partition coefficient (Wildman–Crippen LogP) is 2.42. The summed E-state index contributed by atoms with van der Waals surface area (Å²) in [6.45, 7) is 0.726. The molecule has 8 heteroatoms. The van der Waals surface area contributed by atoms with E-state index in [4.69, 9.17) is 9.47 Å². The molecule has 1 N–H and O–H groups in total. The van der Waals surface area contributed by atoms with Crippen LogP contribution in [0, 0.1) is 0 Å². The lowest BCUT2D eigenvalue weighted by atomic mass is 10.1. The summed E-state index contributed by atoms with van der Waals surface area (Å²) in [6.07, 6.45) is 2.48. The number of carbonyl (C=O) groups excluding carboxylic acids is 1. The van der Waals surface area contributed by atoms with E-state index in [1.807, 2.05) is 24.3 Å². The number of nitrogens with zero attached hydrogens (tertiary/aromatic N) is 3. The van der Waals surface area contributed by atoms with Crippen molar-refractivity contribution >= 4 is 5.91 Å². The highest BCUT2D eigenvalue weighted by molar-refractivity contribution is 5.75. The molecule has 0 bridgehead atoms. The summed E-state index contributed by atoms with van der Waals surface area (Å²) < 4.78 is 12.0. The fourth-order valence-corrected chi connectivity index (χ4v) is 2.93. The molecule has 0 unspecified atom stereocenters. The maximum Gasteiger partial charge on any atom is 0.266 e. The Bertz CT molecular complexity index is 1050. The molecule has 0 aliphatic heterocycles. The number of hydrogen-bond acceptors (Lipinski definition) is 6. The van der Waals surface area contributed by atoms with Gasteiger partial charge in [0.25, 0.3) is 5.56 Å². The highest BCUT2D eigenvalue weighted by Gasteiger charge is 2.09. The molecule has 1 amide bonds. The standard InChI is InChI=1S/C22H24N4O4/c1-29-19-10-8-16(14-20(19)30-2)18-9-11-22(28)26(25-18)13-5-7-21(27)24-15-17-6-3-4-12-23-17/h3-4,6,8-12,14H,5,7,13,15H2,1-2H3,(H,24,27). The second-order valence-corrected chi connectivity index (χ2v) is 6.55. The van der Waals surface area contributed by atoms with Gasteiger partial charge in [0.15, 0.2) is 11.5 Å². The Balaban J connectivity index is 1.60. The van der Waals surface area contributed by atoms with E-state index >= 15 is 0 Å². The van der Waals surface area contributed by atoms with Crippen LogP contribution >= 0.6 is 0 Å². The number of nitrogens with one attached hydrogen (secondary N) is 1. The van der Waals surface area contributed by atoms with Crippen LogP contribution in [0.15, 0.2) is 59.5 Å². The minimum absolute atomic E-state index is 0.0928. The summed E-state index contributed by atoms with van der Waals surface area (Å²) >= 11 is 0. The predicted molar refractivity (Wildman–Crippen MR) is 112 cm³/mol. The average molecular weight is 408 g/mol. The van der Waals surface area contributed by atoms with Crippen molar-refractivity contribution in [3.63, 3.8) is 0 Å². The van der Waals surface area contributed by atoms with Gasteiger partial charge in [-0.15, -0.1) is 0 Å². The van der Waals surface area contributed by atoms with Crippen LogP contribution in [0.2, 0.25) is 0 Å². The largest absolute Gasteiger partial charge is 0.493 e. The lowest BCUT2D eigenvalue weighted by molar-refractivity contribution is -0.121. The first kappa shape index (κ1) is 21.0. The van der Waals surface area contributed by atoms with Gasteiger partial charge in [-0.2, -0.15) is 5.10 Å². The Morgan fingerprint density at radius 3 is 2.63 bits per heavy atom. The van der Waals surface area contributed by atoms with Crippen LogP contribution in [0.1, 0.15) is 18.5 Å². The zero-order valence-electron chi connectivity index (χ0n) is 17.0. The van der Waals surface area contributed by atoms with Crippen LogP contribution in [-0.4, -0.2) is 34.9 Å². The summed E-state index contributed by atoms with van der Waals surface area (Å²) in [5, 5.41) is 7.26. The van der Waals surface area contributed by atoms with E-state index in [0.29, 0.717) is 43.1 Å². The lowest BCUT2D eigenvalue weighted by Gasteiger charge is -2.11. The molecule has 8 nitrogen and oxygen atoms in total. The molecule has 0 saturated carbocycles. The van der Waals surface area contributed by atoms with Gasteiger partial charge in [0.1, 0.15) is 0 Å². The smallest absolute Gasteiger partial charge is 0.266 e. The zero-order valence-corrected chi connectivity index (χ0v) is 17.0. The summed E-state index contributed by atoms with van der Waals surface area (Å²) in [6, 6.07) is 14.1. The number of pyridine rings is 1. The number of carbonyl (C=O) groups is 1. The minimum atomic E-state index is -0.215. The normalized spacial score (nSPS) is 10.5.